The van der Waals surface area contributed by atoms with Gasteiger partial charge >= 0.3 is 0 Å². The second kappa shape index (κ2) is 7.26. The third-order valence-corrected chi connectivity index (χ3v) is 3.22. The van der Waals surface area contributed by atoms with Gasteiger partial charge in [-0.25, -0.2) is 5.43 Å². The Balaban J connectivity index is 1.50. The quantitative estimate of drug-likeness (QED) is 0.698. The molecule has 116 valence electrons. The van der Waals surface area contributed by atoms with E-state index in [9.17, 15) is 4.79 Å². The van der Waals surface area contributed by atoms with E-state index in [-0.39, 0.29) is 12.5 Å². The molecule has 5 heteroatoms. The number of rotatable bonds is 4. The zero-order valence-electron chi connectivity index (χ0n) is 12.4. The molecule has 0 aliphatic carbocycles. The topological polar surface area (TPSA) is 59.9 Å². The number of hydrogen-bond donors (Lipinski definition) is 1. The van der Waals surface area contributed by atoms with Crippen LogP contribution in [0.25, 0.3) is 6.08 Å². The van der Waals surface area contributed by atoms with E-state index in [1.54, 1.807) is 18.2 Å². The molecule has 5 nitrogen and oxygen atoms in total. The number of ether oxygens (including phenoxy) is 2. The molecule has 0 fully saturated rings. The molecule has 1 amide bonds. The van der Waals surface area contributed by atoms with Crippen molar-refractivity contribution in [2.45, 2.75) is 6.10 Å². The average Bonchev–Trinajstić information content (AvgIpc) is 2.61. The molecule has 0 aromatic heterocycles. The fourth-order valence-corrected chi connectivity index (χ4v) is 2.08. The highest BCUT2D eigenvalue weighted by molar-refractivity contribution is 5.84. The lowest BCUT2D eigenvalue weighted by atomic mass is 10.2. The van der Waals surface area contributed by atoms with Gasteiger partial charge in [0.2, 0.25) is 6.10 Å². The highest BCUT2D eigenvalue weighted by atomic mass is 16.6. The summed E-state index contributed by atoms with van der Waals surface area (Å²) in [6.45, 7) is 0.165. The van der Waals surface area contributed by atoms with Gasteiger partial charge in [0.25, 0.3) is 5.91 Å². The molecule has 2 aromatic carbocycles. The van der Waals surface area contributed by atoms with Crippen molar-refractivity contribution < 1.29 is 14.3 Å². The number of hydrazone groups is 1. The van der Waals surface area contributed by atoms with Crippen LogP contribution in [-0.2, 0) is 4.79 Å². The van der Waals surface area contributed by atoms with E-state index < -0.39 is 6.10 Å². The lowest BCUT2D eigenvalue weighted by molar-refractivity contribution is -0.130. The summed E-state index contributed by atoms with van der Waals surface area (Å²) >= 11 is 0. The van der Waals surface area contributed by atoms with Crippen LogP contribution in [0.1, 0.15) is 5.56 Å². The van der Waals surface area contributed by atoms with E-state index in [0.717, 1.165) is 5.56 Å². The number of allylic oxidation sites excluding steroid dienone is 1. The molecule has 1 N–H and O–H groups in total. The number of nitrogens with one attached hydrogen (secondary N) is 1. The van der Waals surface area contributed by atoms with Gasteiger partial charge in [0.1, 0.15) is 6.61 Å². The highest BCUT2D eigenvalue weighted by Crippen LogP contribution is 2.30. The van der Waals surface area contributed by atoms with Gasteiger partial charge in [0, 0.05) is 6.21 Å². The predicted octanol–water partition coefficient (Wildman–Crippen LogP) is 2.64. The first-order valence-electron chi connectivity index (χ1n) is 7.26. The van der Waals surface area contributed by atoms with Crippen molar-refractivity contribution >= 4 is 18.2 Å². The average molecular weight is 308 g/mol. The Morgan fingerprint density at radius 3 is 2.65 bits per heavy atom. The van der Waals surface area contributed by atoms with Crippen LogP contribution >= 0.6 is 0 Å². The SMILES string of the molecule is O=C(N/N=C\C=C\c1ccccc1)[C@H]1COc2ccccc2O1. The van der Waals surface area contributed by atoms with Gasteiger partial charge < -0.3 is 9.47 Å². The second-order valence-corrected chi connectivity index (χ2v) is 4.89. The molecule has 2 aromatic rings. The molecule has 0 spiro atoms. The fourth-order valence-electron chi connectivity index (χ4n) is 2.08. The van der Waals surface area contributed by atoms with Crippen molar-refractivity contribution in [3.8, 4) is 11.5 Å². The van der Waals surface area contributed by atoms with Crippen molar-refractivity contribution in [2.24, 2.45) is 5.10 Å². The minimum atomic E-state index is -0.708. The molecule has 1 aliphatic heterocycles. The smallest absolute Gasteiger partial charge is 0.284 e. The minimum Gasteiger partial charge on any atom is -0.485 e. The van der Waals surface area contributed by atoms with Crippen LogP contribution in [0.3, 0.4) is 0 Å². The predicted molar refractivity (Wildman–Crippen MR) is 88.5 cm³/mol. The lowest BCUT2D eigenvalue weighted by Crippen LogP contribution is -2.42. The standard InChI is InChI=1S/C18H16N2O3/c21-18(17-13-22-15-10-4-5-11-16(15)23-17)20-19-12-6-9-14-7-2-1-3-8-14/h1-12,17H,13H2,(H,20,21)/b9-6+,19-12-/t17-/m1/s1. The number of carbonyl (C=O) groups excluding carboxylic acids is 1. The molecule has 1 aliphatic rings. The number of para-hydroxylation sites is 2. The van der Waals surface area contributed by atoms with Gasteiger partial charge in [-0.3, -0.25) is 4.79 Å². The maximum atomic E-state index is 12.0. The summed E-state index contributed by atoms with van der Waals surface area (Å²) < 4.78 is 11.1. The Kier molecular flexibility index (Phi) is 4.69. The Bertz CT molecular complexity index is 726. The molecule has 0 saturated carbocycles. The van der Waals surface area contributed by atoms with Gasteiger partial charge in [-0.1, -0.05) is 48.5 Å². The maximum absolute atomic E-state index is 12.0. The number of amides is 1. The summed E-state index contributed by atoms with van der Waals surface area (Å²) in [4.78, 5) is 12.0. The summed E-state index contributed by atoms with van der Waals surface area (Å²) in [5.74, 6) is 0.863. The summed E-state index contributed by atoms with van der Waals surface area (Å²) in [7, 11) is 0. The molecular formula is C18H16N2O3. The summed E-state index contributed by atoms with van der Waals surface area (Å²) in [5.41, 5.74) is 3.50. The molecular weight excluding hydrogens is 292 g/mol. The summed E-state index contributed by atoms with van der Waals surface area (Å²) in [5, 5.41) is 3.87. The third-order valence-electron chi connectivity index (χ3n) is 3.22. The molecule has 3 rings (SSSR count). The number of fused-ring (bicyclic) bond motifs is 1. The van der Waals surface area contributed by atoms with E-state index in [0.29, 0.717) is 11.5 Å². The van der Waals surface area contributed by atoms with E-state index in [1.807, 2.05) is 48.5 Å². The molecule has 1 heterocycles. The van der Waals surface area contributed by atoms with Crippen LogP contribution in [0.5, 0.6) is 11.5 Å². The number of hydrogen-bond acceptors (Lipinski definition) is 4. The van der Waals surface area contributed by atoms with Crippen LogP contribution in [0, 0.1) is 0 Å². The first-order chi connectivity index (χ1) is 11.3. The first kappa shape index (κ1) is 14.8. The Morgan fingerprint density at radius 2 is 1.83 bits per heavy atom. The molecule has 0 radical (unpaired) electrons. The molecule has 23 heavy (non-hydrogen) atoms. The van der Waals surface area contributed by atoms with Gasteiger partial charge in [0.05, 0.1) is 0 Å². The highest BCUT2D eigenvalue weighted by Gasteiger charge is 2.26. The van der Waals surface area contributed by atoms with E-state index in [1.165, 1.54) is 6.21 Å². The van der Waals surface area contributed by atoms with Crippen molar-refractivity contribution in [3.05, 3.63) is 66.2 Å². The second-order valence-electron chi connectivity index (χ2n) is 4.89. The zero-order valence-corrected chi connectivity index (χ0v) is 12.4. The Hall–Kier alpha value is -3.08. The minimum absolute atomic E-state index is 0.165. The Morgan fingerprint density at radius 1 is 1.09 bits per heavy atom. The van der Waals surface area contributed by atoms with Crippen LogP contribution in [0.2, 0.25) is 0 Å². The molecule has 0 saturated heterocycles. The van der Waals surface area contributed by atoms with Crippen molar-refractivity contribution in [1.82, 2.24) is 5.43 Å². The lowest BCUT2D eigenvalue weighted by Gasteiger charge is -2.24. The van der Waals surface area contributed by atoms with Gasteiger partial charge in [-0.15, -0.1) is 0 Å². The zero-order chi connectivity index (χ0) is 15.9. The van der Waals surface area contributed by atoms with Crippen LogP contribution in [-0.4, -0.2) is 24.8 Å². The third kappa shape index (κ3) is 3.97. The van der Waals surface area contributed by atoms with Crippen molar-refractivity contribution in [3.63, 3.8) is 0 Å². The van der Waals surface area contributed by atoms with Crippen molar-refractivity contribution in [1.29, 1.82) is 0 Å². The number of nitrogens with zero attached hydrogens (tertiary/aromatic N) is 1. The normalized spacial score (nSPS) is 16.6. The largest absolute Gasteiger partial charge is 0.485 e. The van der Waals surface area contributed by atoms with E-state index in [2.05, 4.69) is 10.5 Å². The van der Waals surface area contributed by atoms with Crippen molar-refractivity contribution in [2.75, 3.05) is 6.61 Å². The molecule has 0 unspecified atom stereocenters. The molecule has 0 bridgehead atoms. The monoisotopic (exact) mass is 308 g/mol. The molecule has 1 atom stereocenters. The van der Waals surface area contributed by atoms with Crippen LogP contribution < -0.4 is 14.9 Å². The fraction of sp³-hybridized carbons (Fsp3) is 0.111. The summed E-state index contributed by atoms with van der Waals surface area (Å²) in [6, 6.07) is 17.1. The number of benzene rings is 2. The van der Waals surface area contributed by atoms with Crippen LogP contribution in [0.15, 0.2) is 65.8 Å². The van der Waals surface area contributed by atoms with Crippen LogP contribution in [0.4, 0.5) is 0 Å². The van der Waals surface area contributed by atoms with Gasteiger partial charge in [0.15, 0.2) is 11.5 Å². The first-order valence-corrected chi connectivity index (χ1v) is 7.26. The number of carbonyl (C=O) groups is 1. The Labute approximate surface area is 134 Å². The van der Waals surface area contributed by atoms with Gasteiger partial charge in [-0.05, 0) is 23.8 Å². The van der Waals surface area contributed by atoms with E-state index >= 15 is 0 Å². The summed E-state index contributed by atoms with van der Waals surface area (Å²) in [6.07, 6.45) is 4.46. The van der Waals surface area contributed by atoms with Gasteiger partial charge in [-0.2, -0.15) is 5.10 Å². The maximum Gasteiger partial charge on any atom is 0.284 e. The van der Waals surface area contributed by atoms with E-state index in [4.69, 9.17) is 9.47 Å².